The number of hydrogen-bond acceptors (Lipinski definition) is 5. The molecule has 0 unspecified atom stereocenters. The Morgan fingerprint density at radius 2 is 1.93 bits per heavy atom. The van der Waals surface area contributed by atoms with Gasteiger partial charge in [0.15, 0.2) is 16.7 Å². The summed E-state index contributed by atoms with van der Waals surface area (Å²) in [6.45, 7) is 2.73. The van der Waals surface area contributed by atoms with Crippen LogP contribution in [0.3, 0.4) is 0 Å². The van der Waals surface area contributed by atoms with E-state index in [1.165, 1.54) is 23.9 Å². The summed E-state index contributed by atoms with van der Waals surface area (Å²) < 4.78 is 19.0. The average Bonchev–Trinajstić information content (AvgIpc) is 3.05. The van der Waals surface area contributed by atoms with Crippen molar-refractivity contribution in [1.82, 2.24) is 4.90 Å². The van der Waals surface area contributed by atoms with Gasteiger partial charge in [0.25, 0.3) is 5.91 Å². The predicted octanol–water partition coefficient (Wildman–Crippen LogP) is 3.50. The molecule has 2 aromatic carbocycles. The van der Waals surface area contributed by atoms with Crippen LogP contribution in [0.15, 0.2) is 52.4 Å². The van der Waals surface area contributed by atoms with Gasteiger partial charge in [0.1, 0.15) is 0 Å². The molecule has 2 aromatic rings. The molecule has 0 bridgehead atoms. The fraction of sp³-hybridized carbons (Fsp3) is 0.200. The summed E-state index contributed by atoms with van der Waals surface area (Å²) in [6, 6.07) is 11.7. The van der Waals surface area contributed by atoms with Crippen LogP contribution in [-0.2, 0) is 9.53 Å². The molecule has 2 aliphatic heterocycles. The molecule has 0 spiro atoms. The maximum absolute atomic E-state index is 13.6. The predicted molar refractivity (Wildman–Crippen MR) is 104 cm³/mol. The summed E-state index contributed by atoms with van der Waals surface area (Å²) in [5, 5.41) is 10.1. The van der Waals surface area contributed by atoms with Crippen molar-refractivity contribution in [2.45, 2.75) is 0 Å². The van der Waals surface area contributed by atoms with Crippen molar-refractivity contribution in [3.8, 4) is 16.9 Å². The zero-order chi connectivity index (χ0) is 18.8. The normalized spacial score (nSPS) is 18.9. The van der Waals surface area contributed by atoms with E-state index >= 15 is 0 Å². The molecule has 4 rings (SSSR count). The summed E-state index contributed by atoms with van der Waals surface area (Å²) >= 11 is 1.37. The maximum atomic E-state index is 13.6. The molecule has 0 aliphatic carbocycles. The molecule has 0 atom stereocenters. The van der Waals surface area contributed by atoms with Gasteiger partial charge in [-0.2, -0.15) is 4.99 Å². The standard InChI is InChI=1S/C20H17FN2O3S/c21-16-12-15(4-5-17(16)24)14-3-1-2-13(10-14)11-18-19(25)22-20(27-18)23-6-8-26-9-7-23/h1-5,10-12,24H,6-9H2/b18-11-. The van der Waals surface area contributed by atoms with Crippen LogP contribution in [0, 0.1) is 5.82 Å². The first-order valence-electron chi connectivity index (χ1n) is 8.54. The number of hydrogen-bond donors (Lipinski definition) is 1. The number of amides is 1. The third-order valence-corrected chi connectivity index (χ3v) is 5.40. The largest absolute Gasteiger partial charge is 0.505 e. The van der Waals surface area contributed by atoms with E-state index in [1.807, 2.05) is 24.3 Å². The molecule has 1 N–H and O–H groups in total. The Hall–Kier alpha value is -2.64. The van der Waals surface area contributed by atoms with Gasteiger partial charge in [-0.05, 0) is 52.7 Å². The van der Waals surface area contributed by atoms with E-state index in [0.29, 0.717) is 28.9 Å². The number of aliphatic imine (C=N–C) groups is 1. The van der Waals surface area contributed by atoms with Gasteiger partial charge in [0.2, 0.25) is 0 Å². The van der Waals surface area contributed by atoms with E-state index in [-0.39, 0.29) is 11.7 Å². The van der Waals surface area contributed by atoms with Gasteiger partial charge in [-0.3, -0.25) is 4.79 Å². The number of carbonyl (C=O) groups excluding carboxylic acids is 1. The smallest absolute Gasteiger partial charge is 0.286 e. The van der Waals surface area contributed by atoms with Crippen molar-refractivity contribution in [1.29, 1.82) is 0 Å². The number of halogens is 1. The van der Waals surface area contributed by atoms with Crippen LogP contribution >= 0.6 is 11.8 Å². The zero-order valence-electron chi connectivity index (χ0n) is 14.4. The molecule has 1 amide bonds. The average molecular weight is 384 g/mol. The van der Waals surface area contributed by atoms with Crippen LogP contribution in [0.5, 0.6) is 5.75 Å². The lowest BCUT2D eigenvalue weighted by Gasteiger charge is -2.27. The Morgan fingerprint density at radius 1 is 1.15 bits per heavy atom. The minimum Gasteiger partial charge on any atom is -0.505 e. The number of aromatic hydroxyl groups is 1. The Labute approximate surface area is 160 Å². The molecule has 2 heterocycles. The van der Waals surface area contributed by atoms with Crippen LogP contribution in [-0.4, -0.2) is 47.4 Å². The molecule has 1 saturated heterocycles. The fourth-order valence-electron chi connectivity index (χ4n) is 2.93. The molecule has 5 nitrogen and oxygen atoms in total. The van der Waals surface area contributed by atoms with Crippen molar-refractivity contribution >= 4 is 28.9 Å². The maximum Gasteiger partial charge on any atom is 0.286 e. The van der Waals surface area contributed by atoms with E-state index in [9.17, 15) is 14.3 Å². The van der Waals surface area contributed by atoms with Gasteiger partial charge < -0.3 is 14.7 Å². The summed E-state index contributed by atoms with van der Waals surface area (Å²) in [6.07, 6.45) is 1.80. The Bertz CT molecular complexity index is 952. The molecule has 27 heavy (non-hydrogen) atoms. The lowest BCUT2D eigenvalue weighted by Crippen LogP contribution is -2.38. The number of carbonyl (C=O) groups is 1. The summed E-state index contributed by atoms with van der Waals surface area (Å²) in [4.78, 5) is 19.0. The molecular weight excluding hydrogens is 367 g/mol. The highest BCUT2D eigenvalue weighted by Gasteiger charge is 2.27. The Morgan fingerprint density at radius 3 is 2.70 bits per heavy atom. The fourth-order valence-corrected chi connectivity index (χ4v) is 3.90. The zero-order valence-corrected chi connectivity index (χ0v) is 15.2. The highest BCUT2D eigenvalue weighted by atomic mass is 32.2. The lowest BCUT2D eigenvalue weighted by atomic mass is 10.0. The van der Waals surface area contributed by atoms with Crippen LogP contribution in [0.1, 0.15) is 5.56 Å². The van der Waals surface area contributed by atoms with Gasteiger partial charge in [-0.25, -0.2) is 4.39 Å². The minimum absolute atomic E-state index is 0.248. The monoisotopic (exact) mass is 384 g/mol. The van der Waals surface area contributed by atoms with Crippen LogP contribution in [0.25, 0.3) is 17.2 Å². The Kier molecular flexibility index (Phi) is 4.96. The van der Waals surface area contributed by atoms with Crippen molar-refractivity contribution in [2.24, 2.45) is 4.99 Å². The van der Waals surface area contributed by atoms with Crippen molar-refractivity contribution in [3.63, 3.8) is 0 Å². The first-order chi connectivity index (χ1) is 13.1. The van der Waals surface area contributed by atoms with E-state index < -0.39 is 5.82 Å². The number of phenols is 1. The topological polar surface area (TPSA) is 62.1 Å². The second-order valence-corrected chi connectivity index (χ2v) is 7.21. The third kappa shape index (κ3) is 3.89. The third-order valence-electron chi connectivity index (χ3n) is 4.36. The summed E-state index contributed by atoms with van der Waals surface area (Å²) in [5.74, 6) is -1.29. The number of nitrogens with zero attached hydrogens (tertiary/aromatic N) is 2. The first kappa shape index (κ1) is 17.8. The van der Waals surface area contributed by atoms with Gasteiger partial charge in [-0.15, -0.1) is 0 Å². The number of phenolic OH excluding ortho intramolecular Hbond substituents is 1. The molecular formula is C20H17FN2O3S. The van der Waals surface area contributed by atoms with E-state index in [1.54, 1.807) is 12.1 Å². The number of amidine groups is 1. The quantitative estimate of drug-likeness (QED) is 0.803. The molecule has 0 radical (unpaired) electrons. The summed E-state index contributed by atoms with van der Waals surface area (Å²) in [7, 11) is 0. The van der Waals surface area contributed by atoms with Gasteiger partial charge >= 0.3 is 0 Å². The van der Waals surface area contributed by atoms with Crippen LogP contribution < -0.4 is 0 Å². The second-order valence-electron chi connectivity index (χ2n) is 6.20. The van der Waals surface area contributed by atoms with E-state index in [0.717, 1.165) is 24.2 Å². The molecule has 0 aromatic heterocycles. The highest BCUT2D eigenvalue weighted by molar-refractivity contribution is 8.18. The van der Waals surface area contributed by atoms with Crippen LogP contribution in [0.4, 0.5) is 4.39 Å². The molecule has 7 heteroatoms. The molecule has 0 saturated carbocycles. The molecule has 138 valence electrons. The molecule has 1 fully saturated rings. The van der Waals surface area contributed by atoms with Gasteiger partial charge in [-0.1, -0.05) is 24.3 Å². The van der Waals surface area contributed by atoms with E-state index in [4.69, 9.17) is 4.74 Å². The van der Waals surface area contributed by atoms with Crippen LogP contribution in [0.2, 0.25) is 0 Å². The second kappa shape index (κ2) is 7.54. The number of benzene rings is 2. The first-order valence-corrected chi connectivity index (χ1v) is 9.36. The Balaban J connectivity index is 1.56. The van der Waals surface area contributed by atoms with Crippen molar-refractivity contribution < 1.29 is 19.0 Å². The number of rotatable bonds is 2. The number of morpholine rings is 1. The van der Waals surface area contributed by atoms with E-state index in [2.05, 4.69) is 9.89 Å². The van der Waals surface area contributed by atoms with Crippen molar-refractivity contribution in [3.05, 3.63) is 58.8 Å². The van der Waals surface area contributed by atoms with Gasteiger partial charge in [0, 0.05) is 13.1 Å². The summed E-state index contributed by atoms with van der Waals surface area (Å²) in [5.41, 5.74) is 2.28. The lowest BCUT2D eigenvalue weighted by molar-refractivity contribution is -0.113. The van der Waals surface area contributed by atoms with Crippen molar-refractivity contribution in [2.75, 3.05) is 26.3 Å². The number of thioether (sulfide) groups is 1. The SMILES string of the molecule is O=C1N=C(N2CCOCC2)S/C1=C\c1cccc(-c2ccc(O)c(F)c2)c1. The number of ether oxygens (including phenoxy) is 1. The minimum atomic E-state index is -0.665. The molecule has 2 aliphatic rings. The van der Waals surface area contributed by atoms with Gasteiger partial charge in [0.05, 0.1) is 18.1 Å². The highest BCUT2D eigenvalue weighted by Crippen LogP contribution is 2.32.